The Morgan fingerprint density at radius 2 is 1.52 bits per heavy atom. The van der Waals surface area contributed by atoms with E-state index in [4.69, 9.17) is 11.6 Å². The molecular weight excluding hydrogens is 364 g/mol. The van der Waals surface area contributed by atoms with Crippen LogP contribution in [-0.4, -0.2) is 54.5 Å². The average molecular weight is 387 g/mol. The van der Waals surface area contributed by atoms with Gasteiger partial charge in [-0.05, 0) is 29.8 Å². The zero-order valence-electron chi connectivity index (χ0n) is 15.0. The molecule has 1 heterocycles. The van der Waals surface area contributed by atoms with Gasteiger partial charge in [0.1, 0.15) is 0 Å². The fourth-order valence-corrected chi connectivity index (χ4v) is 3.13. The van der Waals surface area contributed by atoms with Crippen LogP contribution in [0, 0.1) is 0 Å². The molecule has 7 heteroatoms. The summed E-state index contributed by atoms with van der Waals surface area (Å²) in [5, 5.41) is 5.76. The second-order valence-corrected chi connectivity index (χ2v) is 6.98. The summed E-state index contributed by atoms with van der Waals surface area (Å²) in [5.74, 6) is -0.297. The van der Waals surface area contributed by atoms with E-state index in [1.165, 1.54) is 5.56 Å². The lowest BCUT2D eigenvalue weighted by Gasteiger charge is -2.34. The van der Waals surface area contributed by atoms with E-state index in [2.05, 4.69) is 20.4 Å². The molecule has 2 aromatic carbocycles. The lowest BCUT2D eigenvalue weighted by molar-refractivity contribution is -0.121. The number of urea groups is 1. The first-order valence-electron chi connectivity index (χ1n) is 8.93. The van der Waals surface area contributed by atoms with Crippen LogP contribution in [0.25, 0.3) is 0 Å². The van der Waals surface area contributed by atoms with Gasteiger partial charge in [0.25, 0.3) is 0 Å². The van der Waals surface area contributed by atoms with E-state index in [1.807, 2.05) is 42.5 Å². The molecule has 142 valence electrons. The van der Waals surface area contributed by atoms with Gasteiger partial charge in [0, 0.05) is 43.4 Å². The second-order valence-electron chi connectivity index (χ2n) is 6.55. The molecule has 0 spiro atoms. The number of hydrogen-bond acceptors (Lipinski definition) is 4. The summed E-state index contributed by atoms with van der Waals surface area (Å²) in [4.78, 5) is 28.3. The number of anilines is 1. The highest BCUT2D eigenvalue weighted by molar-refractivity contribution is 6.30. The lowest BCUT2D eigenvalue weighted by Crippen LogP contribution is -2.50. The van der Waals surface area contributed by atoms with Crippen LogP contribution in [0.3, 0.4) is 0 Å². The van der Waals surface area contributed by atoms with Gasteiger partial charge in [-0.3, -0.25) is 19.9 Å². The second kappa shape index (κ2) is 9.50. The first-order chi connectivity index (χ1) is 13.1. The Labute approximate surface area is 164 Å². The maximum absolute atomic E-state index is 12.1. The molecule has 1 aliphatic heterocycles. The first-order valence-corrected chi connectivity index (χ1v) is 9.31. The van der Waals surface area contributed by atoms with Gasteiger partial charge in [0.15, 0.2) is 0 Å². The predicted octanol–water partition coefficient (Wildman–Crippen LogP) is 2.81. The number of para-hydroxylation sites is 1. The summed E-state index contributed by atoms with van der Waals surface area (Å²) in [6, 6.07) is 16.4. The van der Waals surface area contributed by atoms with Crippen LogP contribution in [0.15, 0.2) is 54.6 Å². The number of benzene rings is 2. The molecule has 0 aromatic heterocycles. The van der Waals surface area contributed by atoms with Crippen molar-refractivity contribution < 1.29 is 9.59 Å². The van der Waals surface area contributed by atoms with E-state index in [9.17, 15) is 9.59 Å². The van der Waals surface area contributed by atoms with Gasteiger partial charge in [-0.1, -0.05) is 41.9 Å². The summed E-state index contributed by atoms with van der Waals surface area (Å²) in [5.41, 5.74) is 1.88. The summed E-state index contributed by atoms with van der Waals surface area (Å²) < 4.78 is 0. The van der Waals surface area contributed by atoms with Crippen molar-refractivity contribution in [1.82, 2.24) is 15.1 Å². The van der Waals surface area contributed by atoms with E-state index in [-0.39, 0.29) is 12.5 Å². The quantitative estimate of drug-likeness (QED) is 0.829. The maximum Gasteiger partial charge on any atom is 0.325 e. The standard InChI is InChI=1S/C20H23ClN4O2/c21-17-8-6-16(7-9-17)14-24-10-12-25(13-11-24)15-19(26)23-20(27)22-18-4-2-1-3-5-18/h1-9H,10-15H2,(H2,22,23,26,27). The SMILES string of the molecule is O=C(CN1CCN(Cc2ccc(Cl)cc2)CC1)NC(=O)Nc1ccccc1. The molecule has 0 unspecified atom stereocenters. The number of hydrogen-bond donors (Lipinski definition) is 2. The number of carbonyl (C=O) groups excluding carboxylic acids is 2. The van der Waals surface area contributed by atoms with Crippen LogP contribution in [0.4, 0.5) is 10.5 Å². The van der Waals surface area contributed by atoms with Gasteiger partial charge < -0.3 is 5.32 Å². The Morgan fingerprint density at radius 1 is 0.889 bits per heavy atom. The third kappa shape index (κ3) is 6.36. The zero-order valence-corrected chi connectivity index (χ0v) is 15.8. The number of nitrogens with zero attached hydrogens (tertiary/aromatic N) is 2. The van der Waals surface area contributed by atoms with Crippen molar-refractivity contribution in [3.8, 4) is 0 Å². The number of piperazine rings is 1. The highest BCUT2D eigenvalue weighted by Gasteiger charge is 2.20. The molecule has 3 amide bonds. The highest BCUT2D eigenvalue weighted by Crippen LogP contribution is 2.13. The normalized spacial score (nSPS) is 15.3. The number of amides is 3. The third-order valence-electron chi connectivity index (χ3n) is 4.44. The molecule has 3 rings (SSSR count). The molecule has 0 bridgehead atoms. The van der Waals surface area contributed by atoms with E-state index in [0.717, 1.165) is 37.7 Å². The molecule has 1 fully saturated rings. The number of halogens is 1. The van der Waals surface area contributed by atoms with Crippen LogP contribution >= 0.6 is 11.6 Å². The van der Waals surface area contributed by atoms with Crippen molar-refractivity contribution in [2.45, 2.75) is 6.54 Å². The Balaban J connectivity index is 1.37. The smallest absolute Gasteiger partial charge is 0.308 e. The van der Waals surface area contributed by atoms with Crippen molar-refractivity contribution in [3.63, 3.8) is 0 Å². The average Bonchev–Trinajstić information content (AvgIpc) is 2.66. The largest absolute Gasteiger partial charge is 0.325 e. The molecule has 2 aromatic rings. The number of imide groups is 1. The minimum atomic E-state index is -0.507. The first kappa shape index (κ1) is 19.4. The van der Waals surface area contributed by atoms with Crippen LogP contribution in [0.2, 0.25) is 5.02 Å². The van der Waals surface area contributed by atoms with Crippen molar-refractivity contribution in [2.75, 3.05) is 38.0 Å². The Kier molecular flexibility index (Phi) is 6.81. The van der Waals surface area contributed by atoms with E-state index >= 15 is 0 Å². The molecule has 0 atom stereocenters. The molecule has 1 saturated heterocycles. The number of rotatable bonds is 5. The van der Waals surface area contributed by atoms with Crippen LogP contribution < -0.4 is 10.6 Å². The van der Waals surface area contributed by atoms with Crippen molar-refractivity contribution in [2.24, 2.45) is 0 Å². The third-order valence-corrected chi connectivity index (χ3v) is 4.69. The van der Waals surface area contributed by atoms with Gasteiger partial charge in [-0.2, -0.15) is 0 Å². The molecule has 1 aliphatic rings. The zero-order chi connectivity index (χ0) is 19.1. The van der Waals surface area contributed by atoms with Crippen molar-refractivity contribution in [1.29, 1.82) is 0 Å². The summed E-state index contributed by atoms with van der Waals surface area (Å²) in [6.07, 6.45) is 0. The Morgan fingerprint density at radius 3 is 2.19 bits per heavy atom. The molecule has 0 saturated carbocycles. The minimum Gasteiger partial charge on any atom is -0.308 e. The minimum absolute atomic E-state index is 0.219. The summed E-state index contributed by atoms with van der Waals surface area (Å²) in [6.45, 7) is 4.44. The maximum atomic E-state index is 12.1. The topological polar surface area (TPSA) is 64.7 Å². The van der Waals surface area contributed by atoms with Gasteiger partial charge in [-0.25, -0.2) is 4.79 Å². The van der Waals surface area contributed by atoms with Crippen molar-refractivity contribution >= 4 is 29.2 Å². The number of carbonyl (C=O) groups is 2. The Bertz CT molecular complexity index is 759. The van der Waals surface area contributed by atoms with Crippen LogP contribution in [-0.2, 0) is 11.3 Å². The van der Waals surface area contributed by atoms with Gasteiger partial charge in [0.2, 0.25) is 5.91 Å². The molecule has 2 N–H and O–H groups in total. The van der Waals surface area contributed by atoms with Gasteiger partial charge in [-0.15, -0.1) is 0 Å². The fraction of sp³-hybridized carbons (Fsp3) is 0.300. The predicted molar refractivity (Wildman–Crippen MR) is 107 cm³/mol. The van der Waals surface area contributed by atoms with Gasteiger partial charge in [0.05, 0.1) is 6.54 Å². The molecular formula is C20H23ClN4O2. The fourth-order valence-electron chi connectivity index (χ4n) is 3.01. The summed E-state index contributed by atoms with van der Waals surface area (Å²) in [7, 11) is 0. The molecule has 0 radical (unpaired) electrons. The Hall–Kier alpha value is -2.41. The van der Waals surface area contributed by atoms with E-state index in [1.54, 1.807) is 12.1 Å². The molecule has 6 nitrogen and oxygen atoms in total. The monoisotopic (exact) mass is 386 g/mol. The van der Waals surface area contributed by atoms with E-state index < -0.39 is 6.03 Å². The molecule has 27 heavy (non-hydrogen) atoms. The van der Waals surface area contributed by atoms with Gasteiger partial charge >= 0.3 is 6.03 Å². The number of nitrogens with one attached hydrogen (secondary N) is 2. The van der Waals surface area contributed by atoms with Crippen LogP contribution in [0.5, 0.6) is 0 Å². The van der Waals surface area contributed by atoms with Crippen LogP contribution in [0.1, 0.15) is 5.56 Å². The van der Waals surface area contributed by atoms with Crippen molar-refractivity contribution in [3.05, 3.63) is 65.2 Å². The van der Waals surface area contributed by atoms with E-state index in [0.29, 0.717) is 5.69 Å². The molecule has 0 aliphatic carbocycles. The summed E-state index contributed by atoms with van der Waals surface area (Å²) >= 11 is 5.92. The lowest BCUT2D eigenvalue weighted by atomic mass is 10.2. The highest BCUT2D eigenvalue weighted by atomic mass is 35.5.